The molecule has 7 atom stereocenters. The molecule has 2 aromatic carbocycles. The first kappa shape index (κ1) is 35.5. The Labute approximate surface area is 277 Å². The molecule has 0 radical (unpaired) electrons. The number of aliphatic hydroxyl groups is 1. The van der Waals surface area contributed by atoms with E-state index in [1.54, 1.807) is 6.07 Å². The molecular weight excluding hydrogens is 606 g/mol. The molecule has 1 amide bonds. The van der Waals surface area contributed by atoms with E-state index in [0.29, 0.717) is 29.9 Å². The Morgan fingerprint density at radius 3 is 2.58 bits per heavy atom. The highest BCUT2D eigenvalue weighted by Crippen LogP contribution is 2.44. The highest BCUT2D eigenvalue weighted by molar-refractivity contribution is 7.84. The molecule has 248 valence electrons. The average molecular weight is 658 g/mol. The van der Waals surface area contributed by atoms with Crippen molar-refractivity contribution in [3.05, 3.63) is 70.3 Å². The first-order valence-corrected chi connectivity index (χ1v) is 18.0. The van der Waals surface area contributed by atoms with Gasteiger partial charge in [-0.15, -0.1) is 0 Å². The number of nitrogens with zero attached hydrogens (tertiary/aromatic N) is 2. The van der Waals surface area contributed by atoms with E-state index in [4.69, 9.17) is 21.4 Å². The Balaban J connectivity index is 0.00000226. The zero-order valence-corrected chi connectivity index (χ0v) is 29.4. The standard InChI is InChI=1S/C35H48ClN3O3S.CH4O/c1-6-8-25-17-30(36)13-15-31(25)29-21-39-20-28-11-14-32(28)27(19-38(4)5)10-7-9-23(2)24(3)43(41)37-35(40)26-12-16-34(42-22-29)33(39)18-26;1-2/h7,10,12-13,15-18,23-24,27-29,32H,6,8-9,11,14,19-22H2,1-5H3,(H,37,40);2H,1H3/b10-7+;. The number of benzene rings is 2. The van der Waals surface area contributed by atoms with Gasteiger partial charge in [-0.3, -0.25) is 9.52 Å². The maximum atomic E-state index is 13.4. The largest absolute Gasteiger partial charge is 0.491 e. The van der Waals surface area contributed by atoms with Crippen molar-refractivity contribution < 1.29 is 18.8 Å². The lowest BCUT2D eigenvalue weighted by atomic mass is 9.66. The van der Waals surface area contributed by atoms with Crippen molar-refractivity contribution in [2.45, 2.75) is 64.0 Å². The number of aryl methyl sites for hydroxylation is 1. The van der Waals surface area contributed by atoms with E-state index < -0.39 is 11.0 Å². The third-order valence-electron chi connectivity index (χ3n) is 9.79. The predicted octanol–water partition coefficient (Wildman–Crippen LogP) is 6.47. The summed E-state index contributed by atoms with van der Waals surface area (Å²) in [6, 6.07) is 11.9. The molecule has 0 spiro atoms. The predicted molar refractivity (Wildman–Crippen MR) is 187 cm³/mol. The molecular formula is C36H52ClN3O4S. The van der Waals surface area contributed by atoms with Crippen LogP contribution in [0, 0.1) is 23.7 Å². The number of nitrogens with one attached hydrogen (secondary N) is 1. The van der Waals surface area contributed by atoms with Crippen LogP contribution in [0.5, 0.6) is 5.75 Å². The van der Waals surface area contributed by atoms with Gasteiger partial charge in [0.2, 0.25) is 0 Å². The molecule has 7 unspecified atom stereocenters. The first-order valence-electron chi connectivity index (χ1n) is 16.4. The van der Waals surface area contributed by atoms with Gasteiger partial charge in [0.1, 0.15) is 16.7 Å². The number of rotatable bonds is 5. The fourth-order valence-electron chi connectivity index (χ4n) is 7.00. The van der Waals surface area contributed by atoms with Gasteiger partial charge in [0.25, 0.3) is 5.91 Å². The van der Waals surface area contributed by atoms with Crippen molar-refractivity contribution in [1.29, 1.82) is 0 Å². The average Bonchev–Trinajstić information content (AvgIpc) is 3.18. The third kappa shape index (κ3) is 8.70. The molecule has 2 aromatic rings. The number of halogens is 1. The first-order chi connectivity index (χ1) is 21.6. The lowest BCUT2D eigenvalue weighted by molar-refractivity contribution is 0.0982. The topological polar surface area (TPSA) is 82.1 Å². The number of ether oxygens (including phenoxy) is 1. The third-order valence-corrected chi connectivity index (χ3v) is 11.5. The van der Waals surface area contributed by atoms with Crippen molar-refractivity contribution in [2.24, 2.45) is 23.7 Å². The molecule has 0 aromatic heterocycles. The monoisotopic (exact) mass is 657 g/mol. The summed E-state index contributed by atoms with van der Waals surface area (Å²) in [6.07, 6.45) is 10.0. The SMILES string of the molecule is CCCc1cc(Cl)ccc1C1COc2ccc3cc2N(C1)CC1CCC1C(CN(C)C)/C=C/CC(C)C(C)S(=O)NC3=O.CO. The number of carbonyl (C=O) groups excluding carboxylic acids is 1. The molecule has 7 nitrogen and oxygen atoms in total. The van der Waals surface area contributed by atoms with Gasteiger partial charge in [-0.1, -0.05) is 50.1 Å². The van der Waals surface area contributed by atoms with Crippen LogP contribution in [0.1, 0.15) is 73.9 Å². The Kier molecular flexibility index (Phi) is 13.0. The minimum atomic E-state index is -1.49. The molecule has 1 saturated carbocycles. The minimum absolute atomic E-state index is 0.164. The summed E-state index contributed by atoms with van der Waals surface area (Å²) in [5.74, 6) is 2.45. The van der Waals surface area contributed by atoms with E-state index in [1.165, 1.54) is 24.0 Å². The summed E-state index contributed by atoms with van der Waals surface area (Å²) in [4.78, 5) is 18.1. The fourth-order valence-corrected chi connectivity index (χ4v) is 8.21. The van der Waals surface area contributed by atoms with Gasteiger partial charge in [0.05, 0.1) is 17.5 Å². The quantitative estimate of drug-likeness (QED) is 0.359. The normalized spacial score (nSPS) is 29.2. The van der Waals surface area contributed by atoms with Gasteiger partial charge in [0, 0.05) is 43.2 Å². The number of hydrogen-bond donors (Lipinski definition) is 2. The zero-order valence-electron chi connectivity index (χ0n) is 27.8. The minimum Gasteiger partial charge on any atom is -0.491 e. The second-order valence-corrected chi connectivity index (χ2v) is 15.2. The van der Waals surface area contributed by atoms with E-state index >= 15 is 0 Å². The molecule has 3 aliphatic rings. The second-order valence-electron chi connectivity index (χ2n) is 13.2. The Hall–Kier alpha value is -2.39. The smallest absolute Gasteiger partial charge is 0.263 e. The highest BCUT2D eigenvalue weighted by Gasteiger charge is 2.39. The Bertz CT molecular complexity index is 1350. The van der Waals surface area contributed by atoms with Gasteiger partial charge in [0.15, 0.2) is 0 Å². The summed E-state index contributed by atoms with van der Waals surface area (Å²) < 4.78 is 22.5. The van der Waals surface area contributed by atoms with E-state index in [9.17, 15) is 9.00 Å². The molecule has 2 bridgehead atoms. The molecule has 2 heterocycles. The number of fused-ring (bicyclic) bond motifs is 2. The second kappa shape index (κ2) is 16.4. The number of anilines is 1. The Morgan fingerprint density at radius 2 is 1.89 bits per heavy atom. The van der Waals surface area contributed by atoms with Crippen molar-refractivity contribution in [1.82, 2.24) is 9.62 Å². The molecule has 0 saturated heterocycles. The van der Waals surface area contributed by atoms with E-state index in [2.05, 4.69) is 66.7 Å². The van der Waals surface area contributed by atoms with Crippen molar-refractivity contribution in [3.63, 3.8) is 0 Å². The molecule has 1 fully saturated rings. The molecule has 45 heavy (non-hydrogen) atoms. The van der Waals surface area contributed by atoms with E-state index in [0.717, 1.165) is 62.5 Å². The van der Waals surface area contributed by atoms with Crippen LogP contribution in [0.15, 0.2) is 48.6 Å². The van der Waals surface area contributed by atoms with Crippen LogP contribution in [0.25, 0.3) is 0 Å². The lowest BCUT2D eigenvalue weighted by Crippen LogP contribution is -2.44. The van der Waals surface area contributed by atoms with Crippen molar-refractivity contribution >= 4 is 34.2 Å². The number of hydrogen-bond acceptors (Lipinski definition) is 6. The maximum absolute atomic E-state index is 13.4. The molecule has 9 heteroatoms. The molecule has 2 aliphatic heterocycles. The summed E-state index contributed by atoms with van der Waals surface area (Å²) in [5, 5.41) is 7.60. The van der Waals surface area contributed by atoms with Gasteiger partial charge < -0.3 is 19.6 Å². The van der Waals surface area contributed by atoms with Gasteiger partial charge in [-0.05, 0) is 112 Å². The van der Waals surface area contributed by atoms with Crippen molar-refractivity contribution in [3.8, 4) is 5.75 Å². The Morgan fingerprint density at radius 1 is 1.11 bits per heavy atom. The summed E-state index contributed by atoms with van der Waals surface area (Å²) in [5.41, 5.74) is 4.04. The lowest BCUT2D eigenvalue weighted by Gasteiger charge is -2.45. The van der Waals surface area contributed by atoms with Crippen LogP contribution in [0.2, 0.25) is 5.02 Å². The summed E-state index contributed by atoms with van der Waals surface area (Å²) in [7, 11) is 3.83. The van der Waals surface area contributed by atoms with Crippen LogP contribution in [0.3, 0.4) is 0 Å². The highest BCUT2D eigenvalue weighted by atomic mass is 35.5. The fraction of sp³-hybridized carbons (Fsp3) is 0.583. The van der Waals surface area contributed by atoms with Gasteiger partial charge >= 0.3 is 0 Å². The van der Waals surface area contributed by atoms with E-state index in [-0.39, 0.29) is 23.0 Å². The number of amides is 1. The van der Waals surface area contributed by atoms with E-state index in [1.807, 2.05) is 25.1 Å². The zero-order chi connectivity index (χ0) is 32.7. The molecule has 1 aliphatic carbocycles. The van der Waals surface area contributed by atoms with Crippen LogP contribution in [0.4, 0.5) is 5.69 Å². The molecule has 5 rings (SSSR count). The molecule has 2 N–H and O–H groups in total. The maximum Gasteiger partial charge on any atom is 0.263 e. The van der Waals surface area contributed by atoms with Crippen molar-refractivity contribution in [2.75, 3.05) is 52.3 Å². The van der Waals surface area contributed by atoms with Crippen LogP contribution < -0.4 is 14.4 Å². The summed E-state index contributed by atoms with van der Waals surface area (Å²) >= 11 is 6.43. The number of aliphatic hydroxyl groups excluding tert-OH is 1. The van der Waals surface area contributed by atoms with Crippen LogP contribution >= 0.6 is 11.6 Å². The van der Waals surface area contributed by atoms with Crippen LogP contribution in [-0.4, -0.2) is 72.8 Å². The van der Waals surface area contributed by atoms with Gasteiger partial charge in [-0.25, -0.2) is 4.21 Å². The summed E-state index contributed by atoms with van der Waals surface area (Å²) in [6.45, 7) is 9.58. The number of carbonyl (C=O) groups is 1. The van der Waals surface area contributed by atoms with Gasteiger partial charge in [-0.2, -0.15) is 0 Å². The number of allylic oxidation sites excluding steroid dienone is 1. The van der Waals surface area contributed by atoms with Crippen LogP contribution in [-0.2, 0) is 17.4 Å².